The van der Waals surface area contributed by atoms with Gasteiger partial charge in [0.15, 0.2) is 0 Å². The van der Waals surface area contributed by atoms with E-state index in [1.54, 1.807) is 0 Å². The monoisotopic (exact) mass is 160 g/mol. The van der Waals surface area contributed by atoms with Crippen LogP contribution in [0.2, 0.25) is 0 Å². The topological polar surface area (TPSA) is 20.2 Å². The lowest BCUT2D eigenvalue weighted by atomic mass is 9.90. The van der Waals surface area contributed by atoms with Crippen LogP contribution >= 0.6 is 11.8 Å². The van der Waals surface area contributed by atoms with Gasteiger partial charge in [0.05, 0.1) is 0 Å². The van der Waals surface area contributed by atoms with E-state index in [2.05, 4.69) is 13.8 Å². The Balaban J connectivity index is 2.43. The van der Waals surface area contributed by atoms with Crippen LogP contribution in [0, 0.1) is 5.92 Å². The van der Waals surface area contributed by atoms with E-state index in [0.717, 1.165) is 12.3 Å². The summed E-state index contributed by atoms with van der Waals surface area (Å²) in [5.74, 6) is 2.01. The molecule has 2 heteroatoms. The zero-order valence-corrected chi connectivity index (χ0v) is 7.58. The number of aliphatic hydroxyl groups is 1. The number of aliphatic hydroxyl groups excluding tert-OH is 1. The molecule has 1 rings (SSSR count). The summed E-state index contributed by atoms with van der Waals surface area (Å²) in [6.07, 6.45) is 2.28. The largest absolute Gasteiger partial charge is 0.396 e. The van der Waals surface area contributed by atoms with Crippen molar-refractivity contribution in [1.29, 1.82) is 0 Å². The maximum absolute atomic E-state index is 8.75. The Morgan fingerprint density at radius 1 is 1.60 bits per heavy atom. The van der Waals surface area contributed by atoms with E-state index in [9.17, 15) is 0 Å². The lowest BCUT2D eigenvalue weighted by Crippen LogP contribution is -2.22. The highest BCUT2D eigenvalue weighted by atomic mass is 32.2. The third kappa shape index (κ3) is 1.67. The summed E-state index contributed by atoms with van der Waals surface area (Å²) in [5, 5.41) is 8.75. The highest BCUT2D eigenvalue weighted by Crippen LogP contribution is 2.43. The van der Waals surface area contributed by atoms with Crippen LogP contribution in [0.1, 0.15) is 26.7 Å². The minimum Gasteiger partial charge on any atom is -0.396 e. The molecule has 1 unspecified atom stereocenters. The van der Waals surface area contributed by atoms with Gasteiger partial charge in [-0.2, -0.15) is 11.8 Å². The van der Waals surface area contributed by atoms with Gasteiger partial charge in [-0.3, -0.25) is 0 Å². The molecule has 1 fully saturated rings. The summed E-state index contributed by atoms with van der Waals surface area (Å²) < 4.78 is 0.419. The van der Waals surface area contributed by atoms with Gasteiger partial charge < -0.3 is 5.11 Å². The Hall–Kier alpha value is 0.310. The Labute approximate surface area is 67.2 Å². The molecule has 1 N–H and O–H groups in total. The van der Waals surface area contributed by atoms with E-state index in [1.807, 2.05) is 11.8 Å². The molecule has 1 atom stereocenters. The van der Waals surface area contributed by atoms with Gasteiger partial charge in [0.1, 0.15) is 0 Å². The number of rotatable bonds is 2. The quantitative estimate of drug-likeness (QED) is 0.666. The van der Waals surface area contributed by atoms with Crippen molar-refractivity contribution in [3.05, 3.63) is 0 Å². The number of thioether (sulfide) groups is 1. The maximum atomic E-state index is 8.75. The van der Waals surface area contributed by atoms with Crippen LogP contribution in [0.15, 0.2) is 0 Å². The first-order valence-corrected chi connectivity index (χ1v) is 4.90. The van der Waals surface area contributed by atoms with E-state index in [0.29, 0.717) is 11.4 Å². The van der Waals surface area contributed by atoms with Crippen LogP contribution in [0.4, 0.5) is 0 Å². The normalized spacial score (nSPS) is 30.9. The van der Waals surface area contributed by atoms with Crippen molar-refractivity contribution in [1.82, 2.24) is 0 Å². The molecule has 60 valence electrons. The van der Waals surface area contributed by atoms with Crippen LogP contribution in [-0.2, 0) is 0 Å². The summed E-state index contributed by atoms with van der Waals surface area (Å²) in [7, 11) is 0. The van der Waals surface area contributed by atoms with Crippen molar-refractivity contribution in [2.45, 2.75) is 31.4 Å². The Bertz CT molecular complexity index is 112. The average Bonchev–Trinajstić information content (AvgIpc) is 2.13. The van der Waals surface area contributed by atoms with Crippen LogP contribution < -0.4 is 0 Å². The number of hydrogen-bond acceptors (Lipinski definition) is 2. The van der Waals surface area contributed by atoms with Gasteiger partial charge in [-0.05, 0) is 24.5 Å². The summed E-state index contributed by atoms with van der Waals surface area (Å²) in [4.78, 5) is 0. The third-order valence-electron chi connectivity index (χ3n) is 2.40. The second-order valence-corrected chi connectivity index (χ2v) is 5.20. The van der Waals surface area contributed by atoms with Crippen molar-refractivity contribution in [3.63, 3.8) is 0 Å². The molecular weight excluding hydrogens is 144 g/mol. The Morgan fingerprint density at radius 3 is 2.70 bits per heavy atom. The minimum absolute atomic E-state index is 0.356. The molecule has 0 radical (unpaired) electrons. The summed E-state index contributed by atoms with van der Waals surface area (Å²) in [6, 6.07) is 0. The molecule has 0 bridgehead atoms. The van der Waals surface area contributed by atoms with Gasteiger partial charge in [0.25, 0.3) is 0 Å². The fraction of sp³-hybridized carbons (Fsp3) is 1.00. The molecule has 0 aromatic rings. The molecule has 10 heavy (non-hydrogen) atoms. The van der Waals surface area contributed by atoms with Crippen LogP contribution in [0.5, 0.6) is 0 Å². The summed E-state index contributed by atoms with van der Waals surface area (Å²) in [5.41, 5.74) is 0. The Kier molecular flexibility index (Phi) is 2.64. The second-order valence-electron chi connectivity index (χ2n) is 3.45. The lowest BCUT2D eigenvalue weighted by molar-refractivity contribution is 0.243. The molecule has 1 aliphatic heterocycles. The minimum atomic E-state index is 0.356. The highest BCUT2D eigenvalue weighted by Gasteiger charge is 2.34. The van der Waals surface area contributed by atoms with Gasteiger partial charge in [-0.15, -0.1) is 0 Å². The molecule has 1 saturated heterocycles. The van der Waals surface area contributed by atoms with Gasteiger partial charge in [-0.25, -0.2) is 0 Å². The van der Waals surface area contributed by atoms with Crippen molar-refractivity contribution in [2.75, 3.05) is 12.4 Å². The maximum Gasteiger partial charge on any atom is 0.0434 e. The zero-order chi connectivity index (χ0) is 7.61. The summed E-state index contributed by atoms with van der Waals surface area (Å²) in [6.45, 7) is 4.92. The highest BCUT2D eigenvalue weighted by molar-refractivity contribution is 8.00. The van der Waals surface area contributed by atoms with Crippen molar-refractivity contribution < 1.29 is 5.11 Å². The molecule has 1 heterocycles. The average molecular weight is 160 g/mol. The molecule has 1 aliphatic rings. The number of hydrogen-bond donors (Lipinski definition) is 1. The smallest absolute Gasteiger partial charge is 0.0434 e. The van der Waals surface area contributed by atoms with E-state index in [1.165, 1.54) is 12.2 Å². The molecule has 1 nitrogen and oxygen atoms in total. The lowest BCUT2D eigenvalue weighted by Gasteiger charge is -2.24. The zero-order valence-electron chi connectivity index (χ0n) is 6.76. The predicted molar refractivity (Wildman–Crippen MR) is 46.3 cm³/mol. The van der Waals surface area contributed by atoms with E-state index in [-0.39, 0.29) is 0 Å². The van der Waals surface area contributed by atoms with Crippen molar-refractivity contribution in [3.8, 4) is 0 Å². The van der Waals surface area contributed by atoms with Gasteiger partial charge in [0, 0.05) is 11.4 Å². The van der Waals surface area contributed by atoms with Crippen LogP contribution in [0.3, 0.4) is 0 Å². The first-order valence-electron chi connectivity index (χ1n) is 3.91. The van der Waals surface area contributed by atoms with Crippen molar-refractivity contribution in [2.24, 2.45) is 5.92 Å². The van der Waals surface area contributed by atoms with E-state index in [4.69, 9.17) is 5.11 Å². The van der Waals surface area contributed by atoms with E-state index < -0.39 is 0 Å². The molecule has 0 amide bonds. The molecule has 0 aliphatic carbocycles. The fourth-order valence-electron chi connectivity index (χ4n) is 1.58. The first-order chi connectivity index (χ1) is 4.67. The second kappa shape index (κ2) is 3.14. The SMILES string of the molecule is CC1(C)SCCC1CCO. The van der Waals surface area contributed by atoms with Crippen LogP contribution in [0.25, 0.3) is 0 Å². The Morgan fingerprint density at radius 2 is 2.30 bits per heavy atom. The predicted octanol–water partition coefficient (Wildman–Crippen LogP) is 1.90. The molecule has 0 aromatic carbocycles. The van der Waals surface area contributed by atoms with Gasteiger partial charge in [-0.1, -0.05) is 13.8 Å². The standard InChI is InChI=1S/C8H16OS/c1-8(2)7(3-5-9)4-6-10-8/h7,9H,3-6H2,1-2H3. The van der Waals surface area contributed by atoms with Crippen molar-refractivity contribution >= 4 is 11.8 Å². The third-order valence-corrected chi connectivity index (χ3v) is 3.92. The molecule has 0 spiro atoms. The molecular formula is C8H16OS. The fourth-order valence-corrected chi connectivity index (χ4v) is 2.98. The summed E-state index contributed by atoms with van der Waals surface area (Å²) >= 11 is 2.04. The van der Waals surface area contributed by atoms with Gasteiger partial charge in [0.2, 0.25) is 0 Å². The first kappa shape index (κ1) is 8.41. The van der Waals surface area contributed by atoms with Gasteiger partial charge >= 0.3 is 0 Å². The molecule has 0 saturated carbocycles. The molecule has 0 aromatic heterocycles. The van der Waals surface area contributed by atoms with E-state index >= 15 is 0 Å². The van der Waals surface area contributed by atoms with Crippen LogP contribution in [-0.4, -0.2) is 22.2 Å².